The Hall–Kier alpha value is -4.36. The van der Waals surface area contributed by atoms with E-state index in [4.69, 9.17) is 15.2 Å². The number of hydrogen-bond acceptors (Lipinski definition) is 11. The first-order chi connectivity index (χ1) is 22.8. The lowest BCUT2D eigenvalue weighted by Crippen LogP contribution is -2.62. The average Bonchev–Trinajstić information content (AvgIpc) is 3.39. The van der Waals surface area contributed by atoms with Gasteiger partial charge in [0.25, 0.3) is 5.92 Å². The molecular weight excluding hydrogens is 681 g/mol. The Morgan fingerprint density at radius 3 is 2.49 bits per heavy atom. The lowest BCUT2D eigenvalue weighted by atomic mass is 9.99. The van der Waals surface area contributed by atoms with Crippen LogP contribution in [0, 0.1) is 18.2 Å². The number of aromatic nitrogens is 4. The fourth-order valence-corrected chi connectivity index (χ4v) is 7.00. The number of nitrogens with two attached hydrogens (primary N) is 1. The van der Waals surface area contributed by atoms with Gasteiger partial charge in [-0.2, -0.15) is 36.3 Å². The number of hydrogen-bond donors (Lipinski definition) is 2. The molecule has 7 rings (SSSR count). The maximum Gasteiger partial charge on any atom is 0.490 e. The van der Waals surface area contributed by atoms with Crippen molar-refractivity contribution in [1.29, 1.82) is 0 Å². The molecule has 264 valence electrons. The summed E-state index contributed by atoms with van der Waals surface area (Å²) < 4.78 is 142. The average molecular weight is 708 g/mol. The number of alkyl halides is 8. The number of pyridine rings is 2. The SMILES string of the molecule is Cc1nc(N)cc(-c2nc3c4c(nc(OCC5(COC(=O)C(F)(F)F)CC5(F)F)nc4c2F)N2C[C@H]4CC[C@H](N4)[C@H]2[C@H](C)O3)c1C(F)(F)F. The van der Waals surface area contributed by atoms with Crippen LogP contribution in [0.2, 0.25) is 0 Å². The van der Waals surface area contributed by atoms with Crippen LogP contribution >= 0.6 is 0 Å². The van der Waals surface area contributed by atoms with E-state index in [0.717, 1.165) is 25.8 Å². The van der Waals surface area contributed by atoms with Gasteiger partial charge in [-0.1, -0.05) is 0 Å². The summed E-state index contributed by atoms with van der Waals surface area (Å²) in [5.41, 5.74) is -0.735. The van der Waals surface area contributed by atoms with E-state index >= 15 is 4.39 Å². The van der Waals surface area contributed by atoms with Gasteiger partial charge in [0.2, 0.25) is 5.88 Å². The molecular formula is C29H26F9N7O4. The van der Waals surface area contributed by atoms with Crippen molar-refractivity contribution in [3.05, 3.63) is 23.1 Å². The fourth-order valence-electron chi connectivity index (χ4n) is 7.00. The highest BCUT2D eigenvalue weighted by molar-refractivity contribution is 5.97. The zero-order valence-corrected chi connectivity index (χ0v) is 25.5. The number of fused-ring (bicyclic) bond motifs is 5. The van der Waals surface area contributed by atoms with Gasteiger partial charge in [0.05, 0.1) is 17.3 Å². The van der Waals surface area contributed by atoms with E-state index in [1.54, 1.807) is 11.8 Å². The highest BCUT2D eigenvalue weighted by Gasteiger charge is 2.73. The van der Waals surface area contributed by atoms with Gasteiger partial charge in [-0.15, -0.1) is 0 Å². The van der Waals surface area contributed by atoms with Crippen molar-refractivity contribution in [3.63, 3.8) is 0 Å². The molecule has 11 nitrogen and oxygen atoms in total. The molecule has 3 fully saturated rings. The lowest BCUT2D eigenvalue weighted by Gasteiger charge is -2.42. The van der Waals surface area contributed by atoms with E-state index in [-0.39, 0.29) is 35.0 Å². The van der Waals surface area contributed by atoms with E-state index in [1.807, 2.05) is 0 Å². The molecule has 0 amide bonds. The number of nitrogen functional groups attached to an aromatic ring is 1. The molecule has 4 aliphatic rings. The largest absolute Gasteiger partial charge is 0.490 e. The van der Waals surface area contributed by atoms with E-state index in [2.05, 4.69) is 30.0 Å². The third-order valence-electron chi connectivity index (χ3n) is 9.39. The van der Waals surface area contributed by atoms with Gasteiger partial charge in [0.15, 0.2) is 5.82 Å². The number of nitrogens with one attached hydrogen (secondary N) is 1. The van der Waals surface area contributed by atoms with Gasteiger partial charge in [0.1, 0.15) is 53.0 Å². The highest BCUT2D eigenvalue weighted by atomic mass is 19.4. The molecule has 0 radical (unpaired) electrons. The monoisotopic (exact) mass is 707 g/mol. The van der Waals surface area contributed by atoms with Crippen LogP contribution in [-0.4, -0.2) is 82.0 Å². The Kier molecular flexibility index (Phi) is 7.32. The van der Waals surface area contributed by atoms with Crippen LogP contribution in [0.5, 0.6) is 11.9 Å². The van der Waals surface area contributed by atoms with Gasteiger partial charge in [-0.3, -0.25) is 0 Å². The summed E-state index contributed by atoms with van der Waals surface area (Å²) >= 11 is 0. The number of carbonyl (C=O) groups is 1. The summed E-state index contributed by atoms with van der Waals surface area (Å²) in [6, 6.07) is -0.564. The minimum absolute atomic E-state index is 0.00211. The Morgan fingerprint density at radius 2 is 1.84 bits per heavy atom. The fraction of sp³-hybridized carbons (Fsp3) is 0.552. The zero-order valence-electron chi connectivity index (χ0n) is 25.5. The number of nitrogens with zero attached hydrogens (tertiary/aromatic N) is 5. The molecule has 2 saturated heterocycles. The number of piperazine rings is 1. The van der Waals surface area contributed by atoms with Crippen molar-refractivity contribution in [2.24, 2.45) is 5.41 Å². The molecule has 49 heavy (non-hydrogen) atoms. The Labute approximate surface area is 270 Å². The van der Waals surface area contributed by atoms with Gasteiger partial charge in [0, 0.05) is 30.6 Å². The number of aryl methyl sites for hydroxylation is 1. The number of rotatable bonds is 6. The molecule has 3 aromatic heterocycles. The molecule has 3 aliphatic heterocycles. The lowest BCUT2D eigenvalue weighted by molar-refractivity contribution is -0.202. The summed E-state index contributed by atoms with van der Waals surface area (Å²) in [5, 5.41) is 3.34. The van der Waals surface area contributed by atoms with Crippen LogP contribution in [0.4, 0.5) is 51.1 Å². The van der Waals surface area contributed by atoms with Crippen molar-refractivity contribution >= 4 is 28.5 Å². The maximum absolute atomic E-state index is 16.6. The van der Waals surface area contributed by atoms with Crippen LogP contribution in [0.1, 0.15) is 37.4 Å². The summed E-state index contributed by atoms with van der Waals surface area (Å²) in [4.78, 5) is 29.3. The number of anilines is 2. The minimum atomic E-state index is -5.43. The van der Waals surface area contributed by atoms with Gasteiger partial charge in [-0.25, -0.2) is 27.9 Å². The van der Waals surface area contributed by atoms with E-state index in [9.17, 15) is 39.9 Å². The van der Waals surface area contributed by atoms with Gasteiger partial charge >= 0.3 is 24.3 Å². The second-order valence-electron chi connectivity index (χ2n) is 12.7. The second-order valence-corrected chi connectivity index (χ2v) is 12.7. The van der Waals surface area contributed by atoms with Crippen molar-refractivity contribution in [3.8, 4) is 23.1 Å². The molecule has 0 aromatic carbocycles. The Morgan fingerprint density at radius 1 is 1.12 bits per heavy atom. The predicted octanol–water partition coefficient (Wildman–Crippen LogP) is 4.74. The van der Waals surface area contributed by atoms with Gasteiger partial charge in [-0.05, 0) is 32.8 Å². The highest BCUT2D eigenvalue weighted by Crippen LogP contribution is 2.61. The van der Waals surface area contributed by atoms with E-state index < -0.39 is 101 Å². The minimum Gasteiger partial charge on any atom is -0.472 e. The number of ether oxygens (including phenoxy) is 3. The second kappa shape index (κ2) is 10.8. The quantitative estimate of drug-likeness (QED) is 0.272. The first kappa shape index (κ1) is 33.2. The Bertz CT molecular complexity index is 1870. The number of carbonyl (C=O) groups excluding carboxylic acids is 1. The molecule has 1 unspecified atom stereocenters. The van der Waals surface area contributed by atoms with E-state index in [0.29, 0.717) is 6.54 Å². The smallest absolute Gasteiger partial charge is 0.472 e. The molecule has 3 N–H and O–H groups in total. The van der Waals surface area contributed by atoms with Crippen LogP contribution in [-0.2, 0) is 15.7 Å². The normalized spacial score (nSPS) is 27.0. The number of esters is 1. The molecule has 5 atom stereocenters. The third kappa shape index (κ3) is 5.47. The summed E-state index contributed by atoms with van der Waals surface area (Å²) in [6.45, 7) is 0.642. The van der Waals surface area contributed by atoms with Crippen molar-refractivity contribution in [2.75, 3.05) is 30.4 Å². The zero-order chi connectivity index (χ0) is 35.4. The first-order valence-corrected chi connectivity index (χ1v) is 15.0. The molecule has 1 saturated carbocycles. The standard InChI is InChI=1S/C29H26F9N7O4/c1-10-17(28(33,34)35)13(5-15(39)40-10)19-18(30)20-16-22(45-6-12-3-4-14(41-12)21(45)11(2)49-23(16)42-19)44-25(43-20)48-9-26(7-27(26,31)32)8-47-24(46)29(36,37)38/h5,11-12,14,21,41H,3-4,6-9H2,1-2H3,(H2,39,40)/t11-,12+,14-,21+,26?/m0/s1. The molecule has 1 aliphatic carbocycles. The first-order valence-electron chi connectivity index (χ1n) is 15.0. The topological polar surface area (TPSA) is 138 Å². The molecule has 3 aromatic rings. The van der Waals surface area contributed by atoms with Crippen LogP contribution in [0.25, 0.3) is 22.2 Å². The number of halogens is 9. The van der Waals surface area contributed by atoms with Crippen LogP contribution < -0.4 is 25.4 Å². The molecule has 0 spiro atoms. The summed E-state index contributed by atoms with van der Waals surface area (Å²) in [6.07, 6.45) is -10.7. The summed E-state index contributed by atoms with van der Waals surface area (Å²) in [5.74, 6) is -8.32. The van der Waals surface area contributed by atoms with Gasteiger partial charge < -0.3 is 30.2 Å². The van der Waals surface area contributed by atoms with E-state index in [1.165, 1.54) is 0 Å². The van der Waals surface area contributed by atoms with Crippen molar-refractivity contribution in [2.45, 2.75) is 75.6 Å². The Balaban J connectivity index is 1.37. The molecule has 2 bridgehead atoms. The predicted molar refractivity (Wildman–Crippen MR) is 150 cm³/mol. The maximum atomic E-state index is 16.6. The van der Waals surface area contributed by atoms with Crippen molar-refractivity contribution < 1.29 is 58.5 Å². The molecule has 6 heterocycles. The third-order valence-corrected chi connectivity index (χ3v) is 9.39. The van der Waals surface area contributed by atoms with Crippen LogP contribution in [0.3, 0.4) is 0 Å². The summed E-state index contributed by atoms with van der Waals surface area (Å²) in [7, 11) is 0. The molecule has 20 heteroatoms. The van der Waals surface area contributed by atoms with Crippen LogP contribution in [0.15, 0.2) is 6.07 Å². The van der Waals surface area contributed by atoms with Crippen molar-refractivity contribution in [1.82, 2.24) is 25.3 Å².